The van der Waals surface area contributed by atoms with Crippen molar-refractivity contribution in [1.82, 2.24) is 0 Å². The number of anilines is 1. The Hall–Kier alpha value is -1.83. The monoisotopic (exact) mass is 344 g/mol. The molecule has 2 aromatic rings. The van der Waals surface area contributed by atoms with Gasteiger partial charge in [0.1, 0.15) is 0 Å². The van der Waals surface area contributed by atoms with Crippen molar-refractivity contribution in [2.24, 2.45) is 0 Å². The lowest BCUT2D eigenvalue weighted by Gasteiger charge is -2.19. The van der Waals surface area contributed by atoms with E-state index in [1.165, 1.54) is 0 Å². The van der Waals surface area contributed by atoms with E-state index < -0.39 is 0 Å². The van der Waals surface area contributed by atoms with Gasteiger partial charge in [-0.3, -0.25) is 0 Å². The summed E-state index contributed by atoms with van der Waals surface area (Å²) < 4.78 is 6.28. The van der Waals surface area contributed by atoms with Crippen LogP contribution in [0.4, 0.5) is 5.69 Å². The molecule has 2 rings (SSSR count). The van der Waals surface area contributed by atoms with Crippen LogP contribution in [0, 0.1) is 11.3 Å². The molecule has 4 heteroatoms. The third-order valence-electron chi connectivity index (χ3n) is 3.30. The second-order valence-electron chi connectivity index (χ2n) is 4.80. The molecule has 0 aliphatic heterocycles. The standard InChI is InChI=1S/C17H17BrN2O/c1-12(14-6-3-5-13(9-14)10-19)20-17-8-4-7-16(18)15(17)11-21-2/h3-9,12,20H,11H2,1-2H3. The zero-order chi connectivity index (χ0) is 15.2. The third-order valence-corrected chi connectivity index (χ3v) is 4.04. The van der Waals surface area contributed by atoms with Gasteiger partial charge in [0.25, 0.3) is 0 Å². The van der Waals surface area contributed by atoms with Gasteiger partial charge in [0, 0.05) is 28.9 Å². The highest BCUT2D eigenvalue weighted by atomic mass is 79.9. The van der Waals surface area contributed by atoms with Gasteiger partial charge in [0.15, 0.2) is 0 Å². The highest BCUT2D eigenvalue weighted by Gasteiger charge is 2.11. The van der Waals surface area contributed by atoms with Crippen molar-refractivity contribution >= 4 is 21.6 Å². The van der Waals surface area contributed by atoms with Gasteiger partial charge in [0.05, 0.1) is 18.2 Å². The molecule has 21 heavy (non-hydrogen) atoms. The molecule has 1 unspecified atom stereocenters. The summed E-state index contributed by atoms with van der Waals surface area (Å²) >= 11 is 3.55. The van der Waals surface area contributed by atoms with Crippen LogP contribution >= 0.6 is 15.9 Å². The summed E-state index contributed by atoms with van der Waals surface area (Å²) in [6.45, 7) is 2.61. The molecule has 0 heterocycles. The van der Waals surface area contributed by atoms with E-state index in [-0.39, 0.29) is 6.04 Å². The van der Waals surface area contributed by atoms with Crippen molar-refractivity contribution in [1.29, 1.82) is 5.26 Å². The molecule has 0 bridgehead atoms. The Morgan fingerprint density at radius 1 is 1.29 bits per heavy atom. The Balaban J connectivity index is 2.25. The van der Waals surface area contributed by atoms with Crippen LogP contribution < -0.4 is 5.32 Å². The fourth-order valence-electron chi connectivity index (χ4n) is 2.18. The van der Waals surface area contributed by atoms with Crippen molar-refractivity contribution in [3.05, 3.63) is 63.6 Å². The summed E-state index contributed by atoms with van der Waals surface area (Å²) in [4.78, 5) is 0. The minimum Gasteiger partial charge on any atom is -0.380 e. The summed E-state index contributed by atoms with van der Waals surface area (Å²) in [5.41, 5.74) is 3.87. The number of halogens is 1. The van der Waals surface area contributed by atoms with Crippen LogP contribution in [0.2, 0.25) is 0 Å². The zero-order valence-electron chi connectivity index (χ0n) is 12.1. The topological polar surface area (TPSA) is 45.0 Å². The Kier molecular flexibility index (Phi) is 5.38. The average Bonchev–Trinajstić information content (AvgIpc) is 2.51. The largest absolute Gasteiger partial charge is 0.380 e. The van der Waals surface area contributed by atoms with E-state index in [1.807, 2.05) is 42.5 Å². The van der Waals surface area contributed by atoms with Gasteiger partial charge in [-0.15, -0.1) is 0 Å². The SMILES string of the molecule is COCc1c(Br)cccc1NC(C)c1cccc(C#N)c1. The molecule has 0 saturated carbocycles. The van der Waals surface area contributed by atoms with Crippen molar-refractivity contribution in [2.75, 3.05) is 12.4 Å². The molecule has 0 radical (unpaired) electrons. The number of ether oxygens (including phenoxy) is 1. The quantitative estimate of drug-likeness (QED) is 0.859. The molecule has 0 spiro atoms. The first kappa shape index (κ1) is 15.6. The number of rotatable bonds is 5. The van der Waals surface area contributed by atoms with Gasteiger partial charge in [-0.1, -0.05) is 34.1 Å². The molecule has 0 aliphatic rings. The molecule has 1 atom stereocenters. The number of benzene rings is 2. The van der Waals surface area contributed by atoms with E-state index in [9.17, 15) is 0 Å². The normalized spacial score (nSPS) is 11.7. The van der Waals surface area contributed by atoms with Crippen LogP contribution in [0.1, 0.15) is 29.7 Å². The maximum atomic E-state index is 8.99. The number of hydrogen-bond donors (Lipinski definition) is 1. The van der Waals surface area contributed by atoms with E-state index >= 15 is 0 Å². The first-order chi connectivity index (χ1) is 10.2. The van der Waals surface area contributed by atoms with Crippen LogP contribution in [-0.2, 0) is 11.3 Å². The van der Waals surface area contributed by atoms with Crippen molar-refractivity contribution < 1.29 is 4.74 Å². The lowest BCUT2D eigenvalue weighted by molar-refractivity contribution is 0.185. The Morgan fingerprint density at radius 3 is 2.76 bits per heavy atom. The van der Waals surface area contributed by atoms with E-state index in [4.69, 9.17) is 10.00 Å². The van der Waals surface area contributed by atoms with Gasteiger partial charge < -0.3 is 10.1 Å². The lowest BCUT2D eigenvalue weighted by Crippen LogP contribution is -2.09. The van der Waals surface area contributed by atoms with Gasteiger partial charge in [-0.2, -0.15) is 5.26 Å². The number of nitrogens with zero attached hydrogens (tertiary/aromatic N) is 1. The number of nitriles is 1. The predicted molar refractivity (Wildman–Crippen MR) is 88.0 cm³/mol. The first-order valence-corrected chi connectivity index (χ1v) is 7.48. The smallest absolute Gasteiger partial charge is 0.0991 e. The summed E-state index contributed by atoms with van der Waals surface area (Å²) in [7, 11) is 1.68. The van der Waals surface area contributed by atoms with Crippen LogP contribution in [0.3, 0.4) is 0 Å². The Morgan fingerprint density at radius 2 is 2.05 bits per heavy atom. The molecule has 0 fully saturated rings. The maximum Gasteiger partial charge on any atom is 0.0991 e. The molecule has 0 amide bonds. The highest BCUT2D eigenvalue weighted by molar-refractivity contribution is 9.10. The summed E-state index contributed by atoms with van der Waals surface area (Å²) in [6.07, 6.45) is 0. The second kappa shape index (κ2) is 7.26. The molecule has 2 aromatic carbocycles. The van der Waals surface area contributed by atoms with E-state index in [0.717, 1.165) is 21.3 Å². The van der Waals surface area contributed by atoms with Crippen LogP contribution in [-0.4, -0.2) is 7.11 Å². The first-order valence-electron chi connectivity index (χ1n) is 6.68. The van der Waals surface area contributed by atoms with Crippen LogP contribution in [0.25, 0.3) is 0 Å². The average molecular weight is 345 g/mol. The van der Waals surface area contributed by atoms with Crippen molar-refractivity contribution in [3.8, 4) is 6.07 Å². The minimum absolute atomic E-state index is 0.100. The number of nitrogens with one attached hydrogen (secondary N) is 1. The fraction of sp³-hybridized carbons (Fsp3) is 0.235. The van der Waals surface area contributed by atoms with Crippen LogP contribution in [0.5, 0.6) is 0 Å². The fourth-order valence-corrected chi connectivity index (χ4v) is 2.66. The molecule has 0 saturated heterocycles. The van der Waals surface area contributed by atoms with E-state index in [1.54, 1.807) is 7.11 Å². The molecule has 0 aliphatic carbocycles. The van der Waals surface area contributed by atoms with Crippen molar-refractivity contribution in [3.63, 3.8) is 0 Å². The minimum atomic E-state index is 0.100. The molecule has 108 valence electrons. The number of hydrogen-bond acceptors (Lipinski definition) is 3. The lowest BCUT2D eigenvalue weighted by atomic mass is 10.0. The highest BCUT2D eigenvalue weighted by Crippen LogP contribution is 2.28. The predicted octanol–water partition coefficient (Wildman–Crippen LogP) is 4.64. The number of methoxy groups -OCH3 is 1. The molecule has 3 nitrogen and oxygen atoms in total. The van der Waals surface area contributed by atoms with Crippen LogP contribution in [0.15, 0.2) is 46.9 Å². The van der Waals surface area contributed by atoms with Crippen molar-refractivity contribution in [2.45, 2.75) is 19.6 Å². The van der Waals surface area contributed by atoms with Gasteiger partial charge >= 0.3 is 0 Å². The van der Waals surface area contributed by atoms with Gasteiger partial charge in [-0.05, 0) is 36.8 Å². The summed E-state index contributed by atoms with van der Waals surface area (Å²) in [5, 5.41) is 12.5. The van der Waals surface area contributed by atoms with Gasteiger partial charge in [-0.25, -0.2) is 0 Å². The maximum absolute atomic E-state index is 8.99. The zero-order valence-corrected chi connectivity index (χ0v) is 13.6. The van der Waals surface area contributed by atoms with E-state index in [2.05, 4.69) is 34.2 Å². The molecule has 1 N–H and O–H groups in total. The second-order valence-corrected chi connectivity index (χ2v) is 5.66. The summed E-state index contributed by atoms with van der Waals surface area (Å²) in [5.74, 6) is 0. The Bertz CT molecular complexity index is 664. The van der Waals surface area contributed by atoms with E-state index in [0.29, 0.717) is 12.2 Å². The third kappa shape index (κ3) is 3.84. The Labute approximate surface area is 133 Å². The molecular formula is C17H17BrN2O. The van der Waals surface area contributed by atoms with Gasteiger partial charge in [0.2, 0.25) is 0 Å². The molecular weight excluding hydrogens is 328 g/mol. The molecule has 0 aromatic heterocycles. The summed E-state index contributed by atoms with van der Waals surface area (Å²) in [6, 6.07) is 15.9.